The van der Waals surface area contributed by atoms with E-state index in [1.54, 1.807) is 17.5 Å². The normalized spacial score (nSPS) is 25.5. The van der Waals surface area contributed by atoms with Gasteiger partial charge in [0, 0.05) is 42.1 Å². The third-order valence-electron chi connectivity index (χ3n) is 4.84. The Hall–Kier alpha value is -2.08. The van der Waals surface area contributed by atoms with Crippen LogP contribution in [0.4, 0.5) is 4.79 Å². The molecule has 0 spiro atoms. The average molecular weight is 343 g/mol. The lowest BCUT2D eigenvalue weighted by molar-refractivity contribution is 0.0660. The van der Waals surface area contributed by atoms with Crippen LogP contribution in [0.2, 0.25) is 0 Å². The molecular weight excluding hydrogens is 322 g/mol. The van der Waals surface area contributed by atoms with Crippen LogP contribution in [-0.2, 0) is 6.54 Å². The van der Waals surface area contributed by atoms with Gasteiger partial charge in [-0.25, -0.2) is 9.78 Å². The first-order valence-corrected chi connectivity index (χ1v) is 9.34. The Labute approximate surface area is 145 Å². The van der Waals surface area contributed by atoms with Crippen LogP contribution in [0.15, 0.2) is 41.9 Å². The number of pyridine rings is 1. The van der Waals surface area contributed by atoms with E-state index in [1.165, 1.54) is 4.88 Å². The number of carbonyl (C=O) groups is 1. The monoisotopic (exact) mass is 343 g/mol. The van der Waals surface area contributed by atoms with Crippen LogP contribution in [0, 0.1) is 0 Å². The fraction of sp³-hybridized carbons (Fsp3) is 0.444. The predicted molar refractivity (Wildman–Crippen MR) is 93.1 cm³/mol. The number of fused-ring (bicyclic) bond motifs is 2. The largest absolute Gasteiger partial charge is 0.474 e. The van der Waals surface area contributed by atoms with Crippen molar-refractivity contribution in [3.8, 4) is 5.88 Å². The van der Waals surface area contributed by atoms with Crippen LogP contribution < -0.4 is 10.1 Å². The van der Waals surface area contributed by atoms with Gasteiger partial charge in [0.2, 0.25) is 5.88 Å². The Kier molecular flexibility index (Phi) is 4.38. The third-order valence-corrected chi connectivity index (χ3v) is 5.72. The second-order valence-electron chi connectivity index (χ2n) is 6.41. The molecule has 2 unspecified atom stereocenters. The molecule has 24 heavy (non-hydrogen) atoms. The van der Waals surface area contributed by atoms with Crippen LogP contribution in [0.25, 0.3) is 0 Å². The SMILES string of the molecule is O=C(NCc1cccs1)N1C2CCC1CC(Oc1ccccn1)C2. The molecule has 2 amide bonds. The lowest BCUT2D eigenvalue weighted by atomic mass is 10.00. The molecule has 5 nitrogen and oxygen atoms in total. The van der Waals surface area contributed by atoms with Crippen LogP contribution in [0.3, 0.4) is 0 Å². The van der Waals surface area contributed by atoms with Gasteiger partial charge in [0.1, 0.15) is 6.10 Å². The van der Waals surface area contributed by atoms with E-state index >= 15 is 0 Å². The highest BCUT2D eigenvalue weighted by atomic mass is 32.1. The van der Waals surface area contributed by atoms with Crippen LogP contribution in [-0.4, -0.2) is 34.1 Å². The smallest absolute Gasteiger partial charge is 0.318 e. The number of ether oxygens (including phenoxy) is 1. The lowest BCUT2D eigenvalue weighted by Gasteiger charge is -2.38. The summed E-state index contributed by atoms with van der Waals surface area (Å²) in [6.07, 6.45) is 5.81. The zero-order chi connectivity index (χ0) is 16.4. The van der Waals surface area contributed by atoms with E-state index < -0.39 is 0 Å². The average Bonchev–Trinajstić information content (AvgIpc) is 3.20. The molecule has 1 N–H and O–H groups in total. The highest BCUT2D eigenvalue weighted by molar-refractivity contribution is 7.09. The molecule has 2 aliphatic rings. The van der Waals surface area contributed by atoms with E-state index in [9.17, 15) is 4.79 Å². The molecule has 2 saturated heterocycles. The summed E-state index contributed by atoms with van der Waals surface area (Å²) in [6, 6.07) is 10.4. The van der Waals surface area contributed by atoms with Gasteiger partial charge in [-0.15, -0.1) is 11.3 Å². The first-order valence-electron chi connectivity index (χ1n) is 8.46. The van der Waals surface area contributed by atoms with Crippen molar-refractivity contribution in [2.24, 2.45) is 0 Å². The highest BCUT2D eigenvalue weighted by Crippen LogP contribution is 2.37. The van der Waals surface area contributed by atoms with Gasteiger partial charge >= 0.3 is 6.03 Å². The van der Waals surface area contributed by atoms with E-state index in [1.807, 2.05) is 40.6 Å². The summed E-state index contributed by atoms with van der Waals surface area (Å²) in [4.78, 5) is 20.1. The van der Waals surface area contributed by atoms with Gasteiger partial charge in [0.15, 0.2) is 0 Å². The van der Waals surface area contributed by atoms with E-state index in [-0.39, 0.29) is 24.2 Å². The number of aromatic nitrogens is 1. The number of hydrogen-bond donors (Lipinski definition) is 1. The fourth-order valence-corrected chi connectivity index (χ4v) is 4.45. The minimum absolute atomic E-state index is 0.0622. The van der Waals surface area contributed by atoms with Crippen molar-refractivity contribution in [3.63, 3.8) is 0 Å². The van der Waals surface area contributed by atoms with Gasteiger partial charge in [-0.1, -0.05) is 12.1 Å². The number of amides is 2. The summed E-state index contributed by atoms with van der Waals surface area (Å²) in [7, 11) is 0. The van der Waals surface area contributed by atoms with Crippen molar-refractivity contribution in [3.05, 3.63) is 46.8 Å². The molecule has 4 rings (SSSR count). The third kappa shape index (κ3) is 3.24. The van der Waals surface area contributed by atoms with Gasteiger partial charge in [-0.05, 0) is 30.4 Å². The van der Waals surface area contributed by atoms with Crippen molar-refractivity contribution >= 4 is 17.4 Å². The lowest BCUT2D eigenvalue weighted by Crippen LogP contribution is -2.52. The van der Waals surface area contributed by atoms with Crippen molar-refractivity contribution in [2.75, 3.05) is 0 Å². The molecule has 2 aromatic rings. The minimum Gasteiger partial charge on any atom is -0.474 e. The first kappa shape index (κ1) is 15.4. The highest BCUT2D eigenvalue weighted by Gasteiger charge is 2.44. The Morgan fingerprint density at radius 3 is 2.75 bits per heavy atom. The van der Waals surface area contributed by atoms with Crippen LogP contribution >= 0.6 is 11.3 Å². The molecule has 4 heterocycles. The van der Waals surface area contributed by atoms with E-state index in [0.29, 0.717) is 12.4 Å². The van der Waals surface area contributed by atoms with Crippen molar-refractivity contribution in [1.82, 2.24) is 15.2 Å². The number of nitrogens with one attached hydrogen (secondary N) is 1. The molecule has 0 aliphatic carbocycles. The topological polar surface area (TPSA) is 54.5 Å². The first-order chi connectivity index (χ1) is 11.8. The molecule has 2 fully saturated rings. The molecule has 2 bridgehead atoms. The minimum atomic E-state index is 0.0622. The van der Waals surface area contributed by atoms with Gasteiger partial charge in [-0.3, -0.25) is 0 Å². The Bertz CT molecular complexity index is 663. The van der Waals surface area contributed by atoms with Gasteiger partial charge < -0.3 is 15.0 Å². The maximum absolute atomic E-state index is 12.6. The maximum Gasteiger partial charge on any atom is 0.318 e. The standard InChI is InChI=1S/C18H21N3O2S/c22-18(20-12-16-4-3-9-24-16)21-13-6-7-14(21)11-15(10-13)23-17-5-1-2-8-19-17/h1-5,8-9,13-15H,6-7,10-12H2,(H,20,22). The summed E-state index contributed by atoms with van der Waals surface area (Å²) in [5.74, 6) is 0.678. The number of urea groups is 1. The summed E-state index contributed by atoms with van der Waals surface area (Å²) in [6.45, 7) is 0.611. The Morgan fingerprint density at radius 1 is 1.25 bits per heavy atom. The molecule has 6 heteroatoms. The molecule has 0 radical (unpaired) electrons. The zero-order valence-electron chi connectivity index (χ0n) is 13.4. The molecule has 0 saturated carbocycles. The summed E-state index contributed by atoms with van der Waals surface area (Å²) in [5, 5.41) is 5.10. The van der Waals surface area contributed by atoms with Crippen LogP contribution in [0.5, 0.6) is 5.88 Å². The van der Waals surface area contributed by atoms with Gasteiger partial charge in [0.25, 0.3) is 0 Å². The predicted octanol–water partition coefficient (Wildman–Crippen LogP) is 3.43. The molecule has 0 aromatic carbocycles. The quantitative estimate of drug-likeness (QED) is 0.925. The van der Waals surface area contributed by atoms with Gasteiger partial charge in [-0.2, -0.15) is 0 Å². The number of rotatable bonds is 4. The molecule has 2 aromatic heterocycles. The second kappa shape index (κ2) is 6.81. The van der Waals surface area contributed by atoms with Gasteiger partial charge in [0.05, 0.1) is 6.54 Å². The van der Waals surface area contributed by atoms with E-state index in [4.69, 9.17) is 4.74 Å². The Morgan fingerprint density at radius 2 is 2.08 bits per heavy atom. The summed E-state index contributed by atoms with van der Waals surface area (Å²) in [5.41, 5.74) is 0. The maximum atomic E-state index is 12.6. The number of carbonyl (C=O) groups excluding carboxylic acids is 1. The van der Waals surface area contributed by atoms with Crippen LogP contribution in [0.1, 0.15) is 30.6 Å². The molecule has 126 valence electrons. The number of thiophene rings is 1. The summed E-state index contributed by atoms with van der Waals surface area (Å²) < 4.78 is 6.02. The van der Waals surface area contributed by atoms with E-state index in [2.05, 4.69) is 10.3 Å². The number of hydrogen-bond acceptors (Lipinski definition) is 4. The second-order valence-corrected chi connectivity index (χ2v) is 7.44. The van der Waals surface area contributed by atoms with Crippen molar-refractivity contribution < 1.29 is 9.53 Å². The molecule has 2 aliphatic heterocycles. The van der Waals surface area contributed by atoms with E-state index in [0.717, 1.165) is 25.7 Å². The summed E-state index contributed by atoms with van der Waals surface area (Å²) >= 11 is 1.67. The Balaban J connectivity index is 1.35. The fourth-order valence-electron chi connectivity index (χ4n) is 3.81. The van der Waals surface area contributed by atoms with Crippen molar-refractivity contribution in [1.29, 1.82) is 0 Å². The number of piperidine rings is 1. The molecular formula is C18H21N3O2S. The zero-order valence-corrected chi connectivity index (χ0v) is 14.2. The van der Waals surface area contributed by atoms with Crippen molar-refractivity contribution in [2.45, 2.75) is 50.4 Å². The number of nitrogens with zero attached hydrogens (tertiary/aromatic N) is 2. The molecule has 2 atom stereocenters.